The van der Waals surface area contributed by atoms with E-state index in [0.717, 1.165) is 60.0 Å². The molecule has 1 unspecified atom stereocenters. The number of hydrogen-bond acceptors (Lipinski definition) is 5. The molecule has 3 rings (SSSR count). The van der Waals surface area contributed by atoms with Crippen LogP contribution in [0.2, 0.25) is 0 Å². The van der Waals surface area contributed by atoms with Crippen LogP contribution in [0.1, 0.15) is 33.1 Å². The first kappa shape index (κ1) is 18.0. The summed E-state index contributed by atoms with van der Waals surface area (Å²) in [6, 6.07) is 5.96. The number of methoxy groups -OCH3 is 1. The Bertz CT molecular complexity index is 729. The molecule has 136 valence electrons. The van der Waals surface area contributed by atoms with E-state index in [1.165, 1.54) is 0 Å². The summed E-state index contributed by atoms with van der Waals surface area (Å²) in [5.41, 5.74) is 0.990. The molecule has 1 aromatic carbocycles. The molecule has 0 bridgehead atoms. The first-order valence-electron chi connectivity index (χ1n) is 9.04. The number of amides is 1. The molecule has 0 saturated carbocycles. The van der Waals surface area contributed by atoms with E-state index < -0.39 is 0 Å². The summed E-state index contributed by atoms with van der Waals surface area (Å²) in [5.74, 6) is 1.71. The van der Waals surface area contributed by atoms with Gasteiger partial charge in [-0.15, -0.1) is 0 Å². The van der Waals surface area contributed by atoms with Crippen LogP contribution in [-0.4, -0.2) is 37.6 Å². The van der Waals surface area contributed by atoms with Crippen molar-refractivity contribution in [3.05, 3.63) is 18.2 Å². The van der Waals surface area contributed by atoms with E-state index in [1.807, 2.05) is 18.2 Å². The number of nitrogens with zero attached hydrogens (tertiary/aromatic N) is 2. The largest absolute Gasteiger partial charge is 0.497 e. The lowest BCUT2D eigenvalue weighted by molar-refractivity contribution is -0.125. The summed E-state index contributed by atoms with van der Waals surface area (Å²) in [6.07, 6.45) is 3.02. The summed E-state index contributed by atoms with van der Waals surface area (Å²) in [6.45, 7) is 6.85. The van der Waals surface area contributed by atoms with Crippen molar-refractivity contribution in [2.45, 2.75) is 33.1 Å². The molecule has 5 nitrogen and oxygen atoms in total. The van der Waals surface area contributed by atoms with Crippen LogP contribution in [0.5, 0.6) is 5.75 Å². The lowest BCUT2D eigenvalue weighted by Crippen LogP contribution is -2.43. The summed E-state index contributed by atoms with van der Waals surface area (Å²) in [5, 5.41) is 4.10. The zero-order valence-corrected chi connectivity index (χ0v) is 16.1. The van der Waals surface area contributed by atoms with E-state index in [9.17, 15) is 4.79 Å². The van der Waals surface area contributed by atoms with Crippen LogP contribution in [0, 0.1) is 11.8 Å². The third-order valence-corrected chi connectivity index (χ3v) is 5.75. The SMILES string of the molecule is COc1ccc2nc(N3CCCC(C(=O)NCCC(C)C)C3)sc2c1. The Hall–Kier alpha value is -1.82. The highest BCUT2D eigenvalue weighted by molar-refractivity contribution is 7.22. The lowest BCUT2D eigenvalue weighted by Gasteiger charge is -2.31. The van der Waals surface area contributed by atoms with Gasteiger partial charge in [0.2, 0.25) is 5.91 Å². The van der Waals surface area contributed by atoms with Crippen molar-refractivity contribution in [3.8, 4) is 5.75 Å². The molecule has 6 heteroatoms. The molecule has 1 saturated heterocycles. The van der Waals surface area contributed by atoms with E-state index >= 15 is 0 Å². The number of benzene rings is 1. The van der Waals surface area contributed by atoms with Crippen LogP contribution < -0.4 is 15.0 Å². The number of anilines is 1. The molecular weight excluding hydrogens is 334 g/mol. The molecule has 25 heavy (non-hydrogen) atoms. The Labute approximate surface area is 153 Å². The normalized spacial score (nSPS) is 17.9. The molecule has 2 heterocycles. The summed E-state index contributed by atoms with van der Waals surface area (Å²) in [7, 11) is 1.68. The van der Waals surface area contributed by atoms with Gasteiger partial charge >= 0.3 is 0 Å². The van der Waals surface area contributed by atoms with Gasteiger partial charge in [0.05, 0.1) is 23.2 Å². The predicted molar refractivity (Wildman–Crippen MR) is 104 cm³/mol. The van der Waals surface area contributed by atoms with Crippen LogP contribution in [0.25, 0.3) is 10.2 Å². The van der Waals surface area contributed by atoms with Gasteiger partial charge in [-0.3, -0.25) is 4.79 Å². The smallest absolute Gasteiger partial charge is 0.224 e. The topological polar surface area (TPSA) is 54.5 Å². The first-order chi connectivity index (χ1) is 12.1. The minimum Gasteiger partial charge on any atom is -0.497 e. The number of fused-ring (bicyclic) bond motifs is 1. The molecule has 0 radical (unpaired) electrons. The molecule has 0 spiro atoms. The zero-order chi connectivity index (χ0) is 17.8. The van der Waals surface area contributed by atoms with Crippen molar-refractivity contribution >= 4 is 32.6 Å². The second kappa shape index (κ2) is 8.04. The van der Waals surface area contributed by atoms with Crippen LogP contribution in [0.3, 0.4) is 0 Å². The van der Waals surface area contributed by atoms with Crippen molar-refractivity contribution in [3.63, 3.8) is 0 Å². The summed E-state index contributed by atoms with van der Waals surface area (Å²) < 4.78 is 6.42. The number of nitrogens with one attached hydrogen (secondary N) is 1. The van der Waals surface area contributed by atoms with E-state index in [0.29, 0.717) is 5.92 Å². The number of hydrogen-bond donors (Lipinski definition) is 1. The van der Waals surface area contributed by atoms with E-state index in [2.05, 4.69) is 24.1 Å². The Balaban J connectivity index is 1.65. The number of carbonyl (C=O) groups is 1. The fraction of sp³-hybridized carbons (Fsp3) is 0.579. The van der Waals surface area contributed by atoms with Gasteiger partial charge in [0, 0.05) is 19.6 Å². The Kier molecular flexibility index (Phi) is 5.78. The maximum absolute atomic E-state index is 12.4. The Morgan fingerprint density at radius 1 is 1.48 bits per heavy atom. The predicted octanol–water partition coefficient (Wildman–Crippen LogP) is 3.68. The number of carbonyl (C=O) groups excluding carboxylic acids is 1. The first-order valence-corrected chi connectivity index (χ1v) is 9.85. The van der Waals surface area contributed by atoms with Crippen LogP contribution in [0.4, 0.5) is 5.13 Å². The van der Waals surface area contributed by atoms with Crippen molar-refractivity contribution < 1.29 is 9.53 Å². The molecule has 1 aliphatic heterocycles. The molecule has 1 N–H and O–H groups in total. The van der Waals surface area contributed by atoms with Crippen molar-refractivity contribution in [2.24, 2.45) is 11.8 Å². The molecule has 1 amide bonds. The summed E-state index contributed by atoms with van der Waals surface area (Å²) in [4.78, 5) is 19.4. The van der Waals surface area contributed by atoms with E-state index in [1.54, 1.807) is 18.4 Å². The molecule has 0 aliphatic carbocycles. The zero-order valence-electron chi connectivity index (χ0n) is 15.2. The third-order valence-electron chi connectivity index (χ3n) is 4.67. The average molecular weight is 362 g/mol. The lowest BCUT2D eigenvalue weighted by atomic mass is 9.97. The van der Waals surface area contributed by atoms with Crippen molar-refractivity contribution in [1.82, 2.24) is 10.3 Å². The second-order valence-corrected chi connectivity index (χ2v) is 8.10. The fourth-order valence-electron chi connectivity index (χ4n) is 3.15. The number of piperidine rings is 1. The molecular formula is C19H27N3O2S. The minimum atomic E-state index is 0.0578. The fourth-order valence-corrected chi connectivity index (χ4v) is 4.18. The maximum Gasteiger partial charge on any atom is 0.224 e. The number of thiazole rings is 1. The number of aromatic nitrogens is 1. The van der Waals surface area contributed by atoms with Gasteiger partial charge in [0.15, 0.2) is 5.13 Å². The standard InChI is InChI=1S/C19H27N3O2S/c1-13(2)8-9-20-18(23)14-5-4-10-22(12-14)19-21-16-7-6-15(24-3)11-17(16)25-19/h6-7,11,13-14H,4-5,8-10,12H2,1-3H3,(H,20,23). The Morgan fingerprint density at radius 2 is 2.32 bits per heavy atom. The van der Waals surface area contributed by atoms with Gasteiger partial charge in [-0.25, -0.2) is 4.98 Å². The van der Waals surface area contributed by atoms with Crippen molar-refractivity contribution in [2.75, 3.05) is 31.6 Å². The number of ether oxygens (including phenoxy) is 1. The average Bonchev–Trinajstić information content (AvgIpc) is 3.04. The van der Waals surface area contributed by atoms with Crippen LogP contribution in [-0.2, 0) is 4.79 Å². The van der Waals surface area contributed by atoms with Crippen molar-refractivity contribution in [1.29, 1.82) is 0 Å². The third kappa shape index (κ3) is 4.42. The quantitative estimate of drug-likeness (QED) is 0.853. The van der Waals surface area contributed by atoms with Gasteiger partial charge in [-0.2, -0.15) is 0 Å². The molecule has 1 aromatic heterocycles. The molecule has 2 aromatic rings. The van der Waals surface area contributed by atoms with Gasteiger partial charge < -0.3 is 15.0 Å². The van der Waals surface area contributed by atoms with Gasteiger partial charge in [0.25, 0.3) is 0 Å². The monoisotopic (exact) mass is 361 g/mol. The van der Waals surface area contributed by atoms with Gasteiger partial charge in [-0.1, -0.05) is 25.2 Å². The highest BCUT2D eigenvalue weighted by Gasteiger charge is 2.27. The molecule has 1 fully saturated rings. The second-order valence-electron chi connectivity index (χ2n) is 7.09. The molecule has 1 atom stereocenters. The number of rotatable bonds is 6. The van der Waals surface area contributed by atoms with Crippen LogP contribution in [0.15, 0.2) is 18.2 Å². The highest BCUT2D eigenvalue weighted by atomic mass is 32.1. The van der Waals surface area contributed by atoms with E-state index in [4.69, 9.17) is 9.72 Å². The van der Waals surface area contributed by atoms with Gasteiger partial charge in [0.1, 0.15) is 5.75 Å². The van der Waals surface area contributed by atoms with E-state index in [-0.39, 0.29) is 11.8 Å². The van der Waals surface area contributed by atoms with Gasteiger partial charge in [-0.05, 0) is 43.4 Å². The molecule has 1 aliphatic rings. The summed E-state index contributed by atoms with van der Waals surface area (Å²) >= 11 is 1.67. The maximum atomic E-state index is 12.4. The highest BCUT2D eigenvalue weighted by Crippen LogP contribution is 2.33. The minimum absolute atomic E-state index is 0.0578. The Morgan fingerprint density at radius 3 is 3.08 bits per heavy atom. The van der Waals surface area contributed by atoms with Crippen LogP contribution >= 0.6 is 11.3 Å².